The van der Waals surface area contributed by atoms with Crippen molar-refractivity contribution in [2.45, 2.75) is 50.7 Å². The molecule has 0 aromatic rings. The van der Waals surface area contributed by atoms with Crippen LogP contribution in [0, 0.1) is 0 Å². The number of likely N-dealkylation sites (tertiary alicyclic amines) is 1. The Kier molecular flexibility index (Phi) is 4.80. The lowest BCUT2D eigenvalue weighted by Crippen LogP contribution is -2.36. The molecule has 1 heterocycles. The van der Waals surface area contributed by atoms with Gasteiger partial charge < -0.3 is 15.0 Å². The molecule has 1 aliphatic heterocycles. The summed E-state index contributed by atoms with van der Waals surface area (Å²) in [6.45, 7) is 2.14. The molecule has 17 heavy (non-hydrogen) atoms. The Morgan fingerprint density at radius 3 is 2.47 bits per heavy atom. The molecule has 0 atom stereocenters. The average molecular weight is 240 g/mol. The predicted molar refractivity (Wildman–Crippen MR) is 66.9 cm³/mol. The van der Waals surface area contributed by atoms with E-state index in [1.54, 1.807) is 0 Å². The molecular formula is C13H24N2O2. The third-order valence-corrected chi connectivity index (χ3v) is 3.98. The van der Waals surface area contributed by atoms with Crippen molar-refractivity contribution in [3.63, 3.8) is 0 Å². The first-order valence-corrected chi connectivity index (χ1v) is 6.86. The van der Waals surface area contributed by atoms with Crippen molar-refractivity contribution in [2.24, 2.45) is 0 Å². The van der Waals surface area contributed by atoms with Gasteiger partial charge in [0.2, 0.25) is 5.91 Å². The number of ether oxygens (including phenoxy) is 1. The minimum Gasteiger partial charge on any atom is -0.368 e. The summed E-state index contributed by atoms with van der Waals surface area (Å²) in [5.41, 5.74) is 0. The van der Waals surface area contributed by atoms with Crippen LogP contribution in [0.15, 0.2) is 0 Å². The maximum Gasteiger partial charge on any atom is 0.248 e. The van der Waals surface area contributed by atoms with E-state index in [4.69, 9.17) is 4.74 Å². The first kappa shape index (κ1) is 12.8. The van der Waals surface area contributed by atoms with Crippen LogP contribution in [-0.4, -0.2) is 49.7 Å². The van der Waals surface area contributed by atoms with Crippen LogP contribution in [0.25, 0.3) is 0 Å². The number of nitrogens with zero attached hydrogens (tertiary/aromatic N) is 1. The molecule has 4 heteroatoms. The van der Waals surface area contributed by atoms with E-state index in [2.05, 4.69) is 5.32 Å². The topological polar surface area (TPSA) is 41.6 Å². The maximum absolute atomic E-state index is 11.8. The Hall–Kier alpha value is -0.610. The molecular weight excluding hydrogens is 216 g/mol. The fraction of sp³-hybridized carbons (Fsp3) is 0.923. The van der Waals surface area contributed by atoms with E-state index >= 15 is 0 Å². The third-order valence-electron chi connectivity index (χ3n) is 3.98. The molecule has 0 aromatic heterocycles. The van der Waals surface area contributed by atoms with E-state index < -0.39 is 0 Å². The molecule has 98 valence electrons. The average Bonchev–Trinajstić information content (AvgIpc) is 2.90. The molecule has 0 spiro atoms. The summed E-state index contributed by atoms with van der Waals surface area (Å²) < 4.78 is 5.73. The molecule has 1 amide bonds. The van der Waals surface area contributed by atoms with Gasteiger partial charge in [-0.25, -0.2) is 0 Å². The minimum absolute atomic E-state index is 0.179. The van der Waals surface area contributed by atoms with E-state index in [0.717, 1.165) is 38.8 Å². The van der Waals surface area contributed by atoms with Gasteiger partial charge in [0, 0.05) is 19.1 Å². The van der Waals surface area contributed by atoms with Gasteiger partial charge >= 0.3 is 0 Å². The second-order valence-electron chi connectivity index (χ2n) is 5.16. The number of carbonyl (C=O) groups excluding carboxylic acids is 1. The highest BCUT2D eigenvalue weighted by atomic mass is 16.5. The molecule has 2 rings (SSSR count). The van der Waals surface area contributed by atoms with Crippen LogP contribution < -0.4 is 5.32 Å². The van der Waals surface area contributed by atoms with Gasteiger partial charge in [0.25, 0.3) is 0 Å². The normalized spacial score (nSPS) is 29.6. The number of hydrogen-bond donors (Lipinski definition) is 1. The van der Waals surface area contributed by atoms with Crippen LogP contribution in [0.1, 0.15) is 38.5 Å². The van der Waals surface area contributed by atoms with Crippen LogP contribution >= 0.6 is 0 Å². The summed E-state index contributed by atoms with van der Waals surface area (Å²) in [4.78, 5) is 13.7. The van der Waals surface area contributed by atoms with Crippen molar-refractivity contribution < 1.29 is 9.53 Å². The molecule has 0 bridgehead atoms. The molecule has 1 aliphatic carbocycles. The Labute approximate surface area is 104 Å². The second kappa shape index (κ2) is 6.36. The van der Waals surface area contributed by atoms with E-state index in [1.165, 1.54) is 12.8 Å². The summed E-state index contributed by atoms with van der Waals surface area (Å²) in [6, 6.07) is 0.643. The Balaban J connectivity index is 1.63. The SMILES string of the molecule is CNC1CCC(OCC(=O)N2CCCC2)CC1. The van der Waals surface area contributed by atoms with Gasteiger partial charge in [-0.1, -0.05) is 0 Å². The largest absolute Gasteiger partial charge is 0.368 e. The zero-order valence-corrected chi connectivity index (χ0v) is 10.8. The van der Waals surface area contributed by atoms with Gasteiger partial charge in [-0.05, 0) is 45.6 Å². The molecule has 1 saturated carbocycles. The lowest BCUT2D eigenvalue weighted by molar-refractivity contribution is -0.137. The van der Waals surface area contributed by atoms with Crippen molar-refractivity contribution in [1.29, 1.82) is 0 Å². The first-order valence-electron chi connectivity index (χ1n) is 6.86. The molecule has 1 N–H and O–H groups in total. The number of nitrogens with one attached hydrogen (secondary N) is 1. The lowest BCUT2D eigenvalue weighted by Gasteiger charge is -2.28. The Morgan fingerprint density at radius 2 is 1.88 bits per heavy atom. The van der Waals surface area contributed by atoms with Gasteiger partial charge in [0.15, 0.2) is 0 Å². The number of rotatable bonds is 4. The molecule has 4 nitrogen and oxygen atoms in total. The predicted octanol–water partition coefficient (Wildman–Crippen LogP) is 1.16. The Morgan fingerprint density at radius 1 is 1.24 bits per heavy atom. The molecule has 1 saturated heterocycles. The van der Waals surface area contributed by atoms with Gasteiger partial charge in [-0.3, -0.25) is 4.79 Å². The summed E-state index contributed by atoms with van der Waals surface area (Å²) >= 11 is 0. The van der Waals surface area contributed by atoms with E-state index in [1.807, 2.05) is 11.9 Å². The number of hydrogen-bond acceptors (Lipinski definition) is 3. The summed E-state index contributed by atoms with van der Waals surface area (Å²) in [6.07, 6.45) is 7.10. The van der Waals surface area contributed by atoms with Crippen molar-refractivity contribution >= 4 is 5.91 Å². The van der Waals surface area contributed by atoms with Gasteiger partial charge in [0.05, 0.1) is 6.10 Å². The quantitative estimate of drug-likeness (QED) is 0.801. The highest BCUT2D eigenvalue weighted by Crippen LogP contribution is 2.21. The van der Waals surface area contributed by atoms with Crippen molar-refractivity contribution in [2.75, 3.05) is 26.7 Å². The molecule has 0 unspecified atom stereocenters. The maximum atomic E-state index is 11.8. The molecule has 0 aromatic carbocycles. The van der Waals surface area contributed by atoms with Crippen molar-refractivity contribution in [1.82, 2.24) is 10.2 Å². The first-order chi connectivity index (χ1) is 8.29. The highest BCUT2D eigenvalue weighted by molar-refractivity contribution is 5.77. The minimum atomic E-state index is 0.179. The smallest absolute Gasteiger partial charge is 0.248 e. The summed E-state index contributed by atoms with van der Waals surface area (Å²) in [7, 11) is 2.02. The standard InChI is InChI=1S/C13H24N2O2/c1-14-11-4-6-12(7-5-11)17-10-13(16)15-8-2-3-9-15/h11-12,14H,2-10H2,1H3. The van der Waals surface area contributed by atoms with E-state index in [9.17, 15) is 4.79 Å². The summed E-state index contributed by atoms with van der Waals surface area (Å²) in [5.74, 6) is 0.179. The van der Waals surface area contributed by atoms with Crippen LogP contribution in [0.3, 0.4) is 0 Å². The summed E-state index contributed by atoms with van der Waals surface area (Å²) in [5, 5.41) is 3.30. The molecule has 2 aliphatic rings. The van der Waals surface area contributed by atoms with Crippen LogP contribution in [0.2, 0.25) is 0 Å². The van der Waals surface area contributed by atoms with E-state index in [-0.39, 0.29) is 12.5 Å². The zero-order valence-electron chi connectivity index (χ0n) is 10.8. The highest BCUT2D eigenvalue weighted by Gasteiger charge is 2.23. The van der Waals surface area contributed by atoms with Crippen LogP contribution in [0.5, 0.6) is 0 Å². The fourth-order valence-corrected chi connectivity index (χ4v) is 2.77. The molecule has 0 radical (unpaired) electrons. The number of amides is 1. The fourth-order valence-electron chi connectivity index (χ4n) is 2.77. The van der Waals surface area contributed by atoms with Crippen molar-refractivity contribution in [3.05, 3.63) is 0 Å². The van der Waals surface area contributed by atoms with Gasteiger partial charge in [-0.15, -0.1) is 0 Å². The second-order valence-corrected chi connectivity index (χ2v) is 5.16. The zero-order chi connectivity index (χ0) is 12.1. The van der Waals surface area contributed by atoms with Crippen LogP contribution in [-0.2, 0) is 9.53 Å². The monoisotopic (exact) mass is 240 g/mol. The van der Waals surface area contributed by atoms with Gasteiger partial charge in [0.1, 0.15) is 6.61 Å². The number of carbonyl (C=O) groups is 1. The van der Waals surface area contributed by atoms with E-state index in [0.29, 0.717) is 12.1 Å². The van der Waals surface area contributed by atoms with Crippen LogP contribution in [0.4, 0.5) is 0 Å². The molecule has 2 fully saturated rings. The van der Waals surface area contributed by atoms with Gasteiger partial charge in [-0.2, -0.15) is 0 Å². The Bertz CT molecular complexity index is 244. The third kappa shape index (κ3) is 3.68. The lowest BCUT2D eigenvalue weighted by atomic mass is 9.93. The van der Waals surface area contributed by atoms with Crippen molar-refractivity contribution in [3.8, 4) is 0 Å².